The first-order valence-electron chi connectivity index (χ1n) is 10.7. The summed E-state index contributed by atoms with van der Waals surface area (Å²) in [4.78, 5) is 37.1. The number of aryl methyl sites for hydroxylation is 1. The summed E-state index contributed by atoms with van der Waals surface area (Å²) < 4.78 is 17.5. The maximum atomic E-state index is 12.7. The number of rotatable bonds is 10. The fraction of sp³-hybridized carbons (Fsp3) is 0.269. The van der Waals surface area contributed by atoms with Gasteiger partial charge in [0.15, 0.2) is 18.1 Å². The molecule has 0 aliphatic rings. The van der Waals surface area contributed by atoms with Crippen molar-refractivity contribution in [1.29, 1.82) is 0 Å². The third-order valence-electron chi connectivity index (χ3n) is 5.46. The van der Waals surface area contributed by atoms with Crippen LogP contribution in [0.2, 0.25) is 0 Å². The number of hydrogen-bond donors (Lipinski definition) is 1. The van der Waals surface area contributed by atoms with Crippen LogP contribution in [0, 0.1) is 13.8 Å². The zero-order valence-corrected chi connectivity index (χ0v) is 19.7. The molecule has 8 nitrogen and oxygen atoms in total. The van der Waals surface area contributed by atoms with Crippen LogP contribution in [0.15, 0.2) is 54.6 Å². The van der Waals surface area contributed by atoms with Crippen LogP contribution in [0.5, 0.6) is 11.5 Å². The summed E-state index contributed by atoms with van der Waals surface area (Å²) in [7, 11) is 2.96. The average molecular weight is 465 g/mol. The molecule has 0 fully saturated rings. The number of carbonyl (C=O) groups is 3. The molecule has 0 saturated heterocycles. The number of benzene rings is 2. The Morgan fingerprint density at radius 2 is 1.62 bits per heavy atom. The van der Waals surface area contributed by atoms with Gasteiger partial charge in [0.05, 0.1) is 14.2 Å². The Morgan fingerprint density at radius 3 is 2.29 bits per heavy atom. The van der Waals surface area contributed by atoms with Crippen molar-refractivity contribution in [2.45, 2.75) is 20.4 Å². The van der Waals surface area contributed by atoms with Gasteiger partial charge in [0.25, 0.3) is 5.91 Å². The van der Waals surface area contributed by atoms with E-state index >= 15 is 0 Å². The minimum atomic E-state index is -0.708. The summed E-state index contributed by atoms with van der Waals surface area (Å²) in [6.07, 6.45) is 0. The fourth-order valence-electron chi connectivity index (χ4n) is 3.60. The SMILES string of the molecule is COc1ccc(C(=O)NCC(=O)OCC(=O)c2cc(C)n(Cc3ccccc3)c2C)cc1OC. The van der Waals surface area contributed by atoms with Crippen LogP contribution in [0.25, 0.3) is 0 Å². The van der Waals surface area contributed by atoms with E-state index in [1.807, 2.05) is 48.7 Å². The molecule has 3 rings (SSSR count). The van der Waals surface area contributed by atoms with E-state index in [2.05, 4.69) is 5.32 Å². The Hall–Kier alpha value is -4.07. The lowest BCUT2D eigenvalue weighted by atomic mass is 10.1. The van der Waals surface area contributed by atoms with Gasteiger partial charge in [-0.25, -0.2) is 0 Å². The molecule has 0 aliphatic heterocycles. The van der Waals surface area contributed by atoms with Crippen molar-refractivity contribution in [1.82, 2.24) is 9.88 Å². The summed E-state index contributed by atoms with van der Waals surface area (Å²) in [5, 5.41) is 2.48. The van der Waals surface area contributed by atoms with Crippen LogP contribution >= 0.6 is 0 Å². The predicted octanol–water partition coefficient (Wildman–Crippen LogP) is 3.33. The van der Waals surface area contributed by atoms with E-state index in [1.54, 1.807) is 18.2 Å². The van der Waals surface area contributed by atoms with Crippen molar-refractivity contribution in [2.75, 3.05) is 27.4 Å². The van der Waals surface area contributed by atoms with Crippen LogP contribution in [0.1, 0.15) is 37.7 Å². The molecule has 0 radical (unpaired) electrons. The zero-order chi connectivity index (χ0) is 24.7. The number of nitrogens with one attached hydrogen (secondary N) is 1. The second-order valence-corrected chi connectivity index (χ2v) is 7.69. The number of carbonyl (C=O) groups excluding carboxylic acids is 3. The van der Waals surface area contributed by atoms with Crippen molar-refractivity contribution < 1.29 is 28.6 Å². The number of aromatic nitrogens is 1. The maximum Gasteiger partial charge on any atom is 0.325 e. The first-order chi connectivity index (χ1) is 16.3. The predicted molar refractivity (Wildman–Crippen MR) is 127 cm³/mol. The highest BCUT2D eigenvalue weighted by atomic mass is 16.5. The Balaban J connectivity index is 1.54. The van der Waals surface area contributed by atoms with E-state index in [0.717, 1.165) is 17.0 Å². The first kappa shape index (κ1) is 24.6. The van der Waals surface area contributed by atoms with Crippen LogP contribution < -0.4 is 14.8 Å². The smallest absolute Gasteiger partial charge is 0.325 e. The summed E-state index contributed by atoms with van der Waals surface area (Å²) >= 11 is 0. The Morgan fingerprint density at radius 1 is 0.912 bits per heavy atom. The third-order valence-corrected chi connectivity index (χ3v) is 5.46. The Kier molecular flexibility index (Phi) is 8.08. The molecule has 1 heterocycles. The van der Waals surface area contributed by atoms with E-state index in [0.29, 0.717) is 29.2 Å². The molecule has 8 heteroatoms. The van der Waals surface area contributed by atoms with Gasteiger partial charge < -0.3 is 24.1 Å². The minimum absolute atomic E-state index is 0.299. The molecule has 0 saturated carbocycles. The summed E-state index contributed by atoms with van der Waals surface area (Å²) in [5.74, 6) is -0.603. The third kappa shape index (κ3) is 5.83. The standard InChI is InChI=1S/C26H28N2O6/c1-17-12-21(18(2)28(17)15-19-8-6-5-7-9-19)22(29)16-34-25(30)14-27-26(31)20-10-11-23(32-3)24(13-20)33-4/h5-13H,14-16H2,1-4H3,(H,27,31). The molecule has 2 aromatic carbocycles. The zero-order valence-electron chi connectivity index (χ0n) is 19.7. The van der Waals surface area contributed by atoms with Gasteiger partial charge >= 0.3 is 5.97 Å². The van der Waals surface area contributed by atoms with Crippen LogP contribution in [0.3, 0.4) is 0 Å². The number of ketones is 1. The van der Waals surface area contributed by atoms with Gasteiger partial charge in [-0.1, -0.05) is 30.3 Å². The topological polar surface area (TPSA) is 95.9 Å². The van der Waals surface area contributed by atoms with Gasteiger partial charge in [-0.3, -0.25) is 14.4 Å². The molecule has 1 amide bonds. The minimum Gasteiger partial charge on any atom is -0.493 e. The number of amides is 1. The number of hydrogen-bond acceptors (Lipinski definition) is 6. The lowest BCUT2D eigenvalue weighted by Gasteiger charge is -2.10. The number of nitrogens with zero attached hydrogens (tertiary/aromatic N) is 1. The molecule has 0 atom stereocenters. The average Bonchev–Trinajstić information content (AvgIpc) is 3.14. The molecule has 3 aromatic rings. The molecule has 1 N–H and O–H groups in total. The first-order valence-corrected chi connectivity index (χ1v) is 10.7. The molecular weight excluding hydrogens is 436 g/mol. The van der Waals surface area contributed by atoms with E-state index in [9.17, 15) is 14.4 Å². The number of methoxy groups -OCH3 is 2. The fourth-order valence-corrected chi connectivity index (χ4v) is 3.60. The normalized spacial score (nSPS) is 10.5. The quantitative estimate of drug-likeness (QED) is 0.365. The van der Waals surface area contributed by atoms with Crippen molar-refractivity contribution in [3.8, 4) is 11.5 Å². The van der Waals surface area contributed by atoms with Crippen LogP contribution in [-0.4, -0.2) is 49.6 Å². The van der Waals surface area contributed by atoms with Crippen molar-refractivity contribution in [3.05, 3.63) is 82.7 Å². The van der Waals surface area contributed by atoms with E-state index in [-0.39, 0.29) is 12.3 Å². The summed E-state index contributed by atoms with van der Waals surface area (Å²) in [5.41, 5.74) is 3.69. The molecular formula is C26H28N2O6. The van der Waals surface area contributed by atoms with Crippen molar-refractivity contribution in [3.63, 3.8) is 0 Å². The lowest BCUT2D eigenvalue weighted by molar-refractivity contribution is -0.141. The molecule has 0 bridgehead atoms. The molecule has 34 heavy (non-hydrogen) atoms. The lowest BCUT2D eigenvalue weighted by Crippen LogP contribution is -2.31. The Bertz CT molecular complexity index is 1180. The number of ether oxygens (including phenoxy) is 3. The largest absolute Gasteiger partial charge is 0.493 e. The highest BCUT2D eigenvalue weighted by Crippen LogP contribution is 2.27. The molecule has 1 aromatic heterocycles. The molecule has 0 unspecified atom stereocenters. The van der Waals surface area contributed by atoms with E-state index in [4.69, 9.17) is 14.2 Å². The number of esters is 1. The van der Waals surface area contributed by atoms with Gasteiger partial charge in [-0.05, 0) is 43.7 Å². The van der Waals surface area contributed by atoms with Crippen LogP contribution in [-0.2, 0) is 16.1 Å². The van der Waals surface area contributed by atoms with E-state index < -0.39 is 18.5 Å². The maximum absolute atomic E-state index is 12.7. The number of Topliss-reactive ketones (excluding diaryl/α,β-unsaturated/α-hetero) is 1. The summed E-state index contributed by atoms with van der Waals surface area (Å²) in [6, 6.07) is 16.4. The Labute approximate surface area is 198 Å². The van der Waals surface area contributed by atoms with Gasteiger partial charge in [0, 0.05) is 29.1 Å². The second-order valence-electron chi connectivity index (χ2n) is 7.69. The highest BCUT2D eigenvalue weighted by Gasteiger charge is 2.18. The van der Waals surface area contributed by atoms with Gasteiger partial charge in [0.1, 0.15) is 6.54 Å². The second kappa shape index (κ2) is 11.2. The van der Waals surface area contributed by atoms with Gasteiger partial charge in [-0.15, -0.1) is 0 Å². The summed E-state index contributed by atoms with van der Waals surface area (Å²) in [6.45, 7) is 3.68. The van der Waals surface area contributed by atoms with Gasteiger partial charge in [-0.2, -0.15) is 0 Å². The molecule has 178 valence electrons. The monoisotopic (exact) mass is 464 g/mol. The molecule has 0 aliphatic carbocycles. The van der Waals surface area contributed by atoms with E-state index in [1.165, 1.54) is 20.3 Å². The van der Waals surface area contributed by atoms with Gasteiger partial charge in [0.2, 0.25) is 5.78 Å². The molecule has 0 spiro atoms. The van der Waals surface area contributed by atoms with Crippen LogP contribution in [0.4, 0.5) is 0 Å². The van der Waals surface area contributed by atoms with Crippen molar-refractivity contribution >= 4 is 17.7 Å². The highest BCUT2D eigenvalue weighted by molar-refractivity contribution is 6.00. The van der Waals surface area contributed by atoms with Crippen molar-refractivity contribution in [2.24, 2.45) is 0 Å².